The van der Waals surface area contributed by atoms with Crippen molar-refractivity contribution in [2.75, 3.05) is 16.8 Å². The van der Waals surface area contributed by atoms with E-state index in [1.165, 1.54) is 0 Å². The number of nitrogens with zero attached hydrogens (tertiary/aromatic N) is 3. The van der Waals surface area contributed by atoms with Crippen LogP contribution in [0.2, 0.25) is 0 Å². The molecule has 0 radical (unpaired) electrons. The van der Waals surface area contributed by atoms with Gasteiger partial charge in [-0.25, -0.2) is 8.42 Å². The van der Waals surface area contributed by atoms with Crippen LogP contribution in [0.3, 0.4) is 0 Å². The van der Waals surface area contributed by atoms with E-state index in [1.807, 2.05) is 36.4 Å². The highest BCUT2D eigenvalue weighted by Gasteiger charge is 2.18. The lowest BCUT2D eigenvalue weighted by Gasteiger charge is -2.04. The Morgan fingerprint density at radius 1 is 1.04 bits per heavy atom. The van der Waals surface area contributed by atoms with Crippen molar-refractivity contribution in [3.05, 3.63) is 60.3 Å². The molecule has 0 saturated carbocycles. The van der Waals surface area contributed by atoms with Gasteiger partial charge in [-0.05, 0) is 30.5 Å². The maximum Gasteiger partial charge on any atom is 0.241 e. The van der Waals surface area contributed by atoms with Gasteiger partial charge in [0.2, 0.25) is 11.0 Å². The van der Waals surface area contributed by atoms with Crippen LogP contribution in [0.4, 0.5) is 5.13 Å². The average molecular weight is 403 g/mol. The molecule has 0 spiro atoms. The lowest BCUT2D eigenvalue weighted by molar-refractivity contribution is -0.113. The third kappa shape index (κ3) is 5.93. The standard InChI is InChI=1S/C18H18N4O3S2/c23-16(13-27(24,25)12-6-9-14-7-2-1-3-8-14)20-18-22-21-17(26-18)15-10-4-5-11-19-15/h1-5,7-8,10-11H,6,9,12-13H2,(H,20,22,23). The van der Waals surface area contributed by atoms with Crippen LogP contribution in [0.5, 0.6) is 0 Å². The van der Waals surface area contributed by atoms with E-state index in [4.69, 9.17) is 0 Å². The van der Waals surface area contributed by atoms with Crippen LogP contribution in [0, 0.1) is 0 Å². The van der Waals surface area contributed by atoms with Crippen molar-refractivity contribution in [1.82, 2.24) is 15.2 Å². The molecule has 0 saturated heterocycles. The fraction of sp³-hybridized carbons (Fsp3) is 0.222. The van der Waals surface area contributed by atoms with Crippen LogP contribution in [-0.4, -0.2) is 41.0 Å². The van der Waals surface area contributed by atoms with Gasteiger partial charge < -0.3 is 0 Å². The number of anilines is 1. The minimum atomic E-state index is -3.48. The van der Waals surface area contributed by atoms with Gasteiger partial charge in [0.1, 0.15) is 11.4 Å². The van der Waals surface area contributed by atoms with Crippen LogP contribution in [0.25, 0.3) is 10.7 Å². The van der Waals surface area contributed by atoms with Gasteiger partial charge in [0, 0.05) is 6.20 Å². The molecule has 1 N–H and O–H groups in total. The summed E-state index contributed by atoms with van der Waals surface area (Å²) in [7, 11) is -3.48. The number of hydrogen-bond donors (Lipinski definition) is 1. The summed E-state index contributed by atoms with van der Waals surface area (Å²) in [6.45, 7) is 0. The van der Waals surface area contributed by atoms with Crippen molar-refractivity contribution < 1.29 is 13.2 Å². The number of amides is 1. The van der Waals surface area contributed by atoms with Crippen molar-refractivity contribution in [2.24, 2.45) is 0 Å². The van der Waals surface area contributed by atoms with E-state index >= 15 is 0 Å². The Bertz CT molecular complexity index is 990. The quantitative estimate of drug-likeness (QED) is 0.621. The number of pyridine rings is 1. The fourth-order valence-electron chi connectivity index (χ4n) is 2.43. The lowest BCUT2D eigenvalue weighted by Crippen LogP contribution is -2.24. The number of sulfone groups is 1. The molecule has 3 aromatic rings. The van der Waals surface area contributed by atoms with E-state index in [-0.39, 0.29) is 10.9 Å². The normalized spacial score (nSPS) is 11.3. The number of rotatable bonds is 8. The van der Waals surface area contributed by atoms with Crippen LogP contribution in [-0.2, 0) is 21.1 Å². The number of nitrogens with one attached hydrogen (secondary N) is 1. The summed E-state index contributed by atoms with van der Waals surface area (Å²) in [5, 5.41) is 11.1. The van der Waals surface area contributed by atoms with Gasteiger partial charge in [-0.2, -0.15) is 0 Å². The summed E-state index contributed by atoms with van der Waals surface area (Å²) in [6, 6.07) is 15.0. The number of benzene rings is 1. The molecular formula is C18H18N4O3S2. The van der Waals surface area contributed by atoms with Crippen molar-refractivity contribution >= 4 is 32.2 Å². The van der Waals surface area contributed by atoms with E-state index < -0.39 is 21.5 Å². The molecule has 1 amide bonds. The summed E-state index contributed by atoms with van der Waals surface area (Å²) in [5.41, 5.74) is 1.72. The summed E-state index contributed by atoms with van der Waals surface area (Å²) in [4.78, 5) is 16.2. The van der Waals surface area contributed by atoms with Crippen molar-refractivity contribution in [1.29, 1.82) is 0 Å². The zero-order valence-corrected chi connectivity index (χ0v) is 16.0. The second-order valence-electron chi connectivity index (χ2n) is 5.86. The highest BCUT2D eigenvalue weighted by Crippen LogP contribution is 2.24. The highest BCUT2D eigenvalue weighted by atomic mass is 32.2. The predicted octanol–water partition coefficient (Wildman–Crippen LogP) is 2.59. The van der Waals surface area contributed by atoms with Gasteiger partial charge in [0.05, 0.1) is 5.75 Å². The van der Waals surface area contributed by atoms with Crippen LogP contribution < -0.4 is 5.32 Å². The molecule has 3 rings (SSSR count). The molecule has 9 heteroatoms. The van der Waals surface area contributed by atoms with Crippen LogP contribution in [0.15, 0.2) is 54.7 Å². The Balaban J connectivity index is 1.50. The molecule has 27 heavy (non-hydrogen) atoms. The topological polar surface area (TPSA) is 102 Å². The number of carbonyl (C=O) groups is 1. The van der Waals surface area contributed by atoms with E-state index in [9.17, 15) is 13.2 Å². The van der Waals surface area contributed by atoms with Gasteiger partial charge >= 0.3 is 0 Å². The summed E-state index contributed by atoms with van der Waals surface area (Å²) < 4.78 is 24.3. The zero-order valence-electron chi connectivity index (χ0n) is 14.4. The van der Waals surface area contributed by atoms with Crippen molar-refractivity contribution in [3.63, 3.8) is 0 Å². The monoisotopic (exact) mass is 402 g/mol. The average Bonchev–Trinajstić information content (AvgIpc) is 3.11. The number of hydrogen-bond acceptors (Lipinski definition) is 7. The fourth-order valence-corrected chi connectivity index (χ4v) is 4.37. The predicted molar refractivity (Wildman–Crippen MR) is 105 cm³/mol. The van der Waals surface area contributed by atoms with Gasteiger partial charge in [-0.1, -0.05) is 47.7 Å². The highest BCUT2D eigenvalue weighted by molar-refractivity contribution is 7.92. The van der Waals surface area contributed by atoms with Crippen LogP contribution >= 0.6 is 11.3 Å². The van der Waals surface area contributed by atoms with E-state index in [2.05, 4.69) is 20.5 Å². The Morgan fingerprint density at radius 2 is 1.81 bits per heavy atom. The molecule has 7 nitrogen and oxygen atoms in total. The Labute approximate surface area is 161 Å². The second-order valence-corrected chi connectivity index (χ2v) is 9.02. The van der Waals surface area contributed by atoms with E-state index in [0.29, 0.717) is 23.5 Å². The van der Waals surface area contributed by atoms with Gasteiger partial charge in [0.25, 0.3) is 0 Å². The number of carbonyl (C=O) groups excluding carboxylic acids is 1. The summed E-state index contributed by atoms with van der Waals surface area (Å²) in [5.74, 6) is -1.22. The second kappa shape index (κ2) is 8.83. The molecule has 2 aromatic heterocycles. The molecule has 0 unspecified atom stereocenters. The Kier molecular flexibility index (Phi) is 6.25. The Hall–Kier alpha value is -2.65. The molecule has 1 aromatic carbocycles. The minimum absolute atomic E-state index is 0.0371. The first-order valence-electron chi connectivity index (χ1n) is 8.31. The van der Waals surface area contributed by atoms with Gasteiger partial charge in [-0.15, -0.1) is 10.2 Å². The molecule has 0 aliphatic carbocycles. The smallest absolute Gasteiger partial charge is 0.241 e. The molecule has 140 valence electrons. The molecule has 0 bridgehead atoms. The summed E-state index contributed by atoms with van der Waals surface area (Å²) >= 11 is 1.14. The lowest BCUT2D eigenvalue weighted by atomic mass is 10.1. The zero-order chi connectivity index (χ0) is 19.1. The summed E-state index contributed by atoms with van der Waals surface area (Å²) in [6.07, 6.45) is 2.77. The molecule has 0 fully saturated rings. The number of aromatic nitrogens is 3. The first kappa shape index (κ1) is 19.1. The maximum atomic E-state index is 12.1. The SMILES string of the molecule is O=C(CS(=O)(=O)CCCc1ccccc1)Nc1nnc(-c2ccccn2)s1. The van der Waals surface area contributed by atoms with Gasteiger partial charge in [-0.3, -0.25) is 15.1 Å². The largest absolute Gasteiger partial charge is 0.300 e. The third-order valence-corrected chi connectivity index (χ3v) is 6.14. The molecule has 0 aliphatic heterocycles. The maximum absolute atomic E-state index is 12.1. The van der Waals surface area contributed by atoms with Gasteiger partial charge in [0.15, 0.2) is 14.8 Å². The minimum Gasteiger partial charge on any atom is -0.300 e. The van der Waals surface area contributed by atoms with Crippen LogP contribution in [0.1, 0.15) is 12.0 Å². The molecular weight excluding hydrogens is 384 g/mol. The molecule has 0 aliphatic rings. The van der Waals surface area contributed by atoms with E-state index in [0.717, 1.165) is 16.9 Å². The Morgan fingerprint density at radius 3 is 2.56 bits per heavy atom. The number of aryl methyl sites for hydroxylation is 1. The first-order valence-corrected chi connectivity index (χ1v) is 10.9. The third-order valence-electron chi connectivity index (χ3n) is 3.67. The van der Waals surface area contributed by atoms with E-state index in [1.54, 1.807) is 18.3 Å². The molecule has 0 atom stereocenters. The molecule has 2 heterocycles. The van der Waals surface area contributed by atoms with Crippen molar-refractivity contribution in [3.8, 4) is 10.7 Å². The first-order chi connectivity index (χ1) is 13.0. The van der Waals surface area contributed by atoms with Crippen molar-refractivity contribution in [2.45, 2.75) is 12.8 Å².